The summed E-state index contributed by atoms with van der Waals surface area (Å²) in [7, 11) is 3.60. The van der Waals surface area contributed by atoms with Crippen molar-refractivity contribution in [1.29, 1.82) is 0 Å². The molecule has 0 saturated heterocycles. The highest BCUT2D eigenvalue weighted by Gasteiger charge is 2.17. The maximum Gasteiger partial charge on any atom is 0.262 e. The van der Waals surface area contributed by atoms with Crippen LogP contribution in [0, 0.1) is 13.8 Å². The van der Waals surface area contributed by atoms with Gasteiger partial charge in [0, 0.05) is 12.7 Å². The summed E-state index contributed by atoms with van der Waals surface area (Å²) in [6.45, 7) is 4.46. The summed E-state index contributed by atoms with van der Waals surface area (Å²) < 4.78 is 1.68. The zero-order valence-electron chi connectivity index (χ0n) is 18.7. The first-order chi connectivity index (χ1) is 15.3. The molecule has 164 valence electrons. The van der Waals surface area contributed by atoms with Gasteiger partial charge in [0.1, 0.15) is 11.2 Å². The molecule has 0 saturated carbocycles. The van der Waals surface area contributed by atoms with Crippen molar-refractivity contribution in [2.75, 3.05) is 25.5 Å². The third-order valence-electron chi connectivity index (χ3n) is 5.51. The number of carbonyl (C=O) groups excluding carboxylic acids is 1. The predicted octanol–water partition coefficient (Wildman–Crippen LogP) is 2.82. The van der Waals surface area contributed by atoms with Gasteiger partial charge in [0.25, 0.3) is 5.56 Å². The van der Waals surface area contributed by atoms with Gasteiger partial charge in [0.15, 0.2) is 5.65 Å². The predicted molar refractivity (Wildman–Crippen MR) is 125 cm³/mol. The van der Waals surface area contributed by atoms with E-state index in [4.69, 9.17) is 0 Å². The van der Waals surface area contributed by atoms with Crippen LogP contribution in [0.15, 0.2) is 59.5 Å². The fourth-order valence-corrected chi connectivity index (χ4v) is 3.74. The lowest BCUT2D eigenvalue weighted by molar-refractivity contribution is -0.119. The van der Waals surface area contributed by atoms with Crippen molar-refractivity contribution in [2.24, 2.45) is 0 Å². The van der Waals surface area contributed by atoms with Crippen molar-refractivity contribution in [3.63, 3.8) is 0 Å². The molecule has 0 aliphatic rings. The second kappa shape index (κ2) is 8.76. The number of rotatable bonds is 6. The highest BCUT2D eigenvalue weighted by atomic mass is 16.2. The lowest BCUT2D eigenvalue weighted by Crippen LogP contribution is -2.37. The van der Waals surface area contributed by atoms with Gasteiger partial charge >= 0.3 is 0 Å². The highest BCUT2D eigenvalue weighted by molar-refractivity contribution is 5.94. The first-order valence-electron chi connectivity index (χ1n) is 10.4. The summed E-state index contributed by atoms with van der Waals surface area (Å²) in [6, 6.07) is 15.6. The van der Waals surface area contributed by atoms with E-state index in [0.29, 0.717) is 23.4 Å². The zero-order chi connectivity index (χ0) is 22.8. The molecule has 2 heterocycles. The van der Waals surface area contributed by atoms with Crippen LogP contribution in [-0.4, -0.2) is 51.2 Å². The number of amides is 1. The van der Waals surface area contributed by atoms with Gasteiger partial charge in [-0.05, 0) is 44.2 Å². The SMILES string of the molecule is Cc1ccccc1N(C)C(=O)CN(C)Cc1nc2c(cnn2-c2ccccc2C)c(=O)[nH]1. The maximum absolute atomic E-state index is 12.8. The van der Waals surface area contributed by atoms with Crippen LogP contribution in [0.1, 0.15) is 17.0 Å². The number of aromatic nitrogens is 4. The third-order valence-corrected chi connectivity index (χ3v) is 5.51. The van der Waals surface area contributed by atoms with Crippen molar-refractivity contribution in [3.8, 4) is 5.69 Å². The van der Waals surface area contributed by atoms with E-state index in [-0.39, 0.29) is 18.0 Å². The Balaban J connectivity index is 1.56. The summed E-state index contributed by atoms with van der Waals surface area (Å²) in [5, 5.41) is 4.81. The molecule has 8 nitrogen and oxygen atoms in total. The number of nitrogens with one attached hydrogen (secondary N) is 1. The largest absolute Gasteiger partial charge is 0.314 e. The molecular weight excluding hydrogens is 404 g/mol. The molecule has 4 aromatic rings. The van der Waals surface area contributed by atoms with Gasteiger partial charge in [-0.25, -0.2) is 9.67 Å². The average molecular weight is 431 g/mol. The lowest BCUT2D eigenvalue weighted by atomic mass is 10.2. The molecule has 4 rings (SSSR count). The van der Waals surface area contributed by atoms with E-state index >= 15 is 0 Å². The number of nitrogens with zero attached hydrogens (tertiary/aromatic N) is 5. The summed E-state index contributed by atoms with van der Waals surface area (Å²) in [5.74, 6) is 0.432. The van der Waals surface area contributed by atoms with Gasteiger partial charge in [-0.1, -0.05) is 36.4 Å². The minimum atomic E-state index is -0.249. The standard InChI is InChI=1S/C24H26N6O2/c1-16-9-5-7-11-19(16)29(4)22(31)15-28(3)14-21-26-23-18(24(32)27-21)13-25-30(23)20-12-8-6-10-17(20)2/h5-13H,14-15H2,1-4H3,(H,26,27,32). The number of H-pyrrole nitrogens is 1. The first kappa shape index (κ1) is 21.5. The summed E-state index contributed by atoms with van der Waals surface area (Å²) in [5.41, 5.74) is 4.06. The van der Waals surface area contributed by atoms with Crippen LogP contribution < -0.4 is 10.5 Å². The molecule has 0 bridgehead atoms. The average Bonchev–Trinajstić information content (AvgIpc) is 3.18. The second-order valence-corrected chi connectivity index (χ2v) is 8.00. The van der Waals surface area contributed by atoms with Gasteiger partial charge in [-0.3, -0.25) is 14.5 Å². The molecule has 2 aromatic carbocycles. The van der Waals surface area contributed by atoms with E-state index in [1.54, 1.807) is 16.6 Å². The topological polar surface area (TPSA) is 87.1 Å². The minimum absolute atomic E-state index is 0.0461. The third kappa shape index (κ3) is 4.17. The monoisotopic (exact) mass is 430 g/mol. The molecule has 0 unspecified atom stereocenters. The highest BCUT2D eigenvalue weighted by Crippen LogP contribution is 2.19. The molecule has 32 heavy (non-hydrogen) atoms. The Morgan fingerprint density at radius 1 is 1.03 bits per heavy atom. The smallest absolute Gasteiger partial charge is 0.262 e. The normalized spacial score (nSPS) is 11.3. The number of para-hydroxylation sites is 2. The second-order valence-electron chi connectivity index (χ2n) is 8.00. The Bertz CT molecular complexity index is 1340. The Morgan fingerprint density at radius 2 is 1.72 bits per heavy atom. The van der Waals surface area contributed by atoms with Crippen molar-refractivity contribution >= 4 is 22.6 Å². The van der Waals surface area contributed by atoms with E-state index in [2.05, 4.69) is 15.1 Å². The number of anilines is 1. The van der Waals surface area contributed by atoms with Crippen molar-refractivity contribution in [1.82, 2.24) is 24.6 Å². The van der Waals surface area contributed by atoms with Crippen molar-refractivity contribution in [3.05, 3.63) is 82.0 Å². The number of aromatic amines is 1. The quantitative estimate of drug-likeness (QED) is 0.508. The molecule has 0 aliphatic heterocycles. The zero-order valence-corrected chi connectivity index (χ0v) is 18.7. The van der Waals surface area contributed by atoms with Crippen LogP contribution in [0.5, 0.6) is 0 Å². The Hall–Kier alpha value is -3.78. The van der Waals surface area contributed by atoms with Gasteiger partial charge in [0.05, 0.1) is 25.0 Å². The first-order valence-corrected chi connectivity index (χ1v) is 10.4. The van der Waals surface area contributed by atoms with Crippen LogP contribution in [-0.2, 0) is 11.3 Å². The van der Waals surface area contributed by atoms with E-state index < -0.39 is 0 Å². The van der Waals surface area contributed by atoms with Gasteiger partial charge < -0.3 is 9.88 Å². The van der Waals surface area contributed by atoms with Crippen LogP contribution >= 0.6 is 0 Å². The Morgan fingerprint density at radius 3 is 2.44 bits per heavy atom. The number of benzene rings is 2. The molecule has 0 radical (unpaired) electrons. The molecule has 0 atom stereocenters. The number of hydrogen-bond acceptors (Lipinski definition) is 5. The van der Waals surface area contributed by atoms with Gasteiger partial charge in [-0.2, -0.15) is 5.10 Å². The fraction of sp³-hybridized carbons (Fsp3) is 0.250. The fourth-order valence-electron chi connectivity index (χ4n) is 3.74. The molecule has 0 fully saturated rings. The van der Waals surface area contributed by atoms with E-state index in [1.165, 1.54) is 6.20 Å². The molecule has 1 amide bonds. The van der Waals surface area contributed by atoms with Gasteiger partial charge in [0.2, 0.25) is 5.91 Å². The number of fused-ring (bicyclic) bond motifs is 1. The summed E-state index contributed by atoms with van der Waals surface area (Å²) in [4.78, 5) is 36.4. The van der Waals surface area contributed by atoms with Crippen LogP contribution in [0.3, 0.4) is 0 Å². The molecule has 0 spiro atoms. The Kier molecular flexibility index (Phi) is 5.87. The van der Waals surface area contributed by atoms with Crippen molar-refractivity contribution < 1.29 is 4.79 Å². The summed E-state index contributed by atoms with van der Waals surface area (Å²) >= 11 is 0. The number of hydrogen-bond donors (Lipinski definition) is 1. The number of likely N-dealkylation sites (N-methyl/N-ethyl adjacent to an activating group) is 2. The van der Waals surface area contributed by atoms with E-state index in [9.17, 15) is 9.59 Å². The van der Waals surface area contributed by atoms with Crippen LogP contribution in [0.4, 0.5) is 5.69 Å². The van der Waals surface area contributed by atoms with Gasteiger partial charge in [-0.15, -0.1) is 0 Å². The van der Waals surface area contributed by atoms with Crippen LogP contribution in [0.25, 0.3) is 16.7 Å². The maximum atomic E-state index is 12.8. The number of carbonyl (C=O) groups is 1. The van der Waals surface area contributed by atoms with Crippen molar-refractivity contribution in [2.45, 2.75) is 20.4 Å². The number of aryl methyl sites for hydroxylation is 2. The molecule has 8 heteroatoms. The molecule has 0 aliphatic carbocycles. The van der Waals surface area contributed by atoms with Crippen LogP contribution in [0.2, 0.25) is 0 Å². The Labute approximate surface area is 186 Å². The molecular formula is C24H26N6O2. The molecule has 2 aromatic heterocycles. The van der Waals surface area contributed by atoms with E-state index in [0.717, 1.165) is 22.5 Å². The molecule has 1 N–H and O–H groups in total. The summed E-state index contributed by atoms with van der Waals surface area (Å²) in [6.07, 6.45) is 1.53. The minimum Gasteiger partial charge on any atom is -0.314 e. The lowest BCUT2D eigenvalue weighted by Gasteiger charge is -2.23. The van der Waals surface area contributed by atoms with E-state index in [1.807, 2.05) is 74.3 Å².